The van der Waals surface area contributed by atoms with Crippen LogP contribution in [0.3, 0.4) is 0 Å². The first-order chi connectivity index (χ1) is 9.10. The molecule has 1 aliphatic rings. The molecule has 2 nitrogen and oxygen atoms in total. The smallest absolute Gasteiger partial charge is 0.405 e. The lowest BCUT2D eigenvalue weighted by Crippen LogP contribution is -2.55. The molecule has 0 spiro atoms. The molecule has 1 aliphatic heterocycles. The van der Waals surface area contributed by atoms with E-state index >= 15 is 0 Å². The molecule has 0 fully saturated rings. The van der Waals surface area contributed by atoms with E-state index in [1.54, 1.807) is 0 Å². The Morgan fingerprint density at radius 2 is 1.70 bits per heavy atom. The molecule has 0 aromatic rings. The molecular formula is C12H17F6NO. The van der Waals surface area contributed by atoms with Gasteiger partial charge in [0.05, 0.1) is 13.2 Å². The first-order valence-corrected chi connectivity index (χ1v) is 6.34. The number of aliphatic imine (C=N–C) groups is 1. The topological polar surface area (TPSA) is 21.6 Å². The van der Waals surface area contributed by atoms with Crippen molar-refractivity contribution in [3.8, 4) is 0 Å². The highest BCUT2D eigenvalue weighted by Gasteiger charge is 2.76. The second-order valence-corrected chi connectivity index (χ2v) is 4.88. The Labute approximate surface area is 113 Å². The standard InChI is InChI=1S/C12H17F6NO/c1-3-4-5-6-8-10(11(13,14)15,12(16,17)18)7-9(19-8)20-2/h8H,3-7H2,1-2H3. The highest BCUT2D eigenvalue weighted by atomic mass is 19.4. The fourth-order valence-electron chi connectivity index (χ4n) is 2.45. The normalized spacial score (nSPS) is 22.8. The van der Waals surface area contributed by atoms with Crippen LogP contribution < -0.4 is 0 Å². The molecule has 1 unspecified atom stereocenters. The van der Waals surface area contributed by atoms with Gasteiger partial charge in [-0.3, -0.25) is 4.99 Å². The van der Waals surface area contributed by atoms with E-state index in [0.29, 0.717) is 12.8 Å². The second-order valence-electron chi connectivity index (χ2n) is 4.88. The molecule has 0 saturated carbocycles. The molecular weight excluding hydrogens is 288 g/mol. The van der Waals surface area contributed by atoms with Crippen LogP contribution in [-0.2, 0) is 4.74 Å². The van der Waals surface area contributed by atoms with Gasteiger partial charge in [-0.15, -0.1) is 0 Å². The number of halogens is 6. The molecule has 0 radical (unpaired) electrons. The van der Waals surface area contributed by atoms with Crippen LogP contribution in [0.25, 0.3) is 0 Å². The third-order valence-electron chi connectivity index (χ3n) is 3.63. The number of hydrogen-bond donors (Lipinski definition) is 0. The van der Waals surface area contributed by atoms with E-state index in [9.17, 15) is 26.3 Å². The zero-order valence-electron chi connectivity index (χ0n) is 11.2. The van der Waals surface area contributed by atoms with Gasteiger partial charge < -0.3 is 4.74 Å². The predicted molar refractivity (Wildman–Crippen MR) is 61.5 cm³/mol. The lowest BCUT2D eigenvalue weighted by atomic mass is 9.76. The van der Waals surface area contributed by atoms with Gasteiger partial charge in [-0.25, -0.2) is 0 Å². The Balaban J connectivity index is 3.13. The summed E-state index contributed by atoms with van der Waals surface area (Å²) >= 11 is 0. The van der Waals surface area contributed by atoms with Crippen LogP contribution in [0.2, 0.25) is 0 Å². The Bertz CT molecular complexity index is 346. The van der Waals surface area contributed by atoms with Crippen LogP contribution in [0, 0.1) is 5.41 Å². The van der Waals surface area contributed by atoms with Gasteiger partial charge in [0.1, 0.15) is 0 Å². The maximum absolute atomic E-state index is 13.1. The van der Waals surface area contributed by atoms with Gasteiger partial charge >= 0.3 is 12.4 Å². The Morgan fingerprint density at radius 3 is 2.10 bits per heavy atom. The van der Waals surface area contributed by atoms with Crippen molar-refractivity contribution in [1.29, 1.82) is 0 Å². The predicted octanol–water partition coefficient (Wildman–Crippen LogP) is 4.49. The van der Waals surface area contributed by atoms with Gasteiger partial charge in [-0.1, -0.05) is 26.2 Å². The second kappa shape index (κ2) is 5.81. The summed E-state index contributed by atoms with van der Waals surface area (Å²) in [4.78, 5) is 3.52. The molecule has 0 aromatic carbocycles. The molecule has 0 bridgehead atoms. The van der Waals surface area contributed by atoms with Crippen molar-refractivity contribution >= 4 is 5.90 Å². The van der Waals surface area contributed by atoms with Crippen molar-refractivity contribution in [2.45, 2.75) is 57.4 Å². The average Bonchev–Trinajstić information content (AvgIpc) is 2.68. The Kier molecular flexibility index (Phi) is 4.97. The number of hydrogen-bond acceptors (Lipinski definition) is 2. The minimum atomic E-state index is -5.41. The van der Waals surface area contributed by atoms with Crippen molar-refractivity contribution in [2.24, 2.45) is 10.4 Å². The summed E-state index contributed by atoms with van der Waals surface area (Å²) in [5.74, 6) is -0.485. The minimum Gasteiger partial charge on any atom is -0.484 e. The fourth-order valence-corrected chi connectivity index (χ4v) is 2.45. The highest BCUT2D eigenvalue weighted by Crippen LogP contribution is 2.59. The van der Waals surface area contributed by atoms with Crippen LogP contribution in [0.5, 0.6) is 0 Å². The Morgan fingerprint density at radius 1 is 1.15 bits per heavy atom. The van der Waals surface area contributed by atoms with E-state index in [1.807, 2.05) is 6.92 Å². The molecule has 1 heterocycles. The molecule has 1 atom stereocenters. The van der Waals surface area contributed by atoms with Crippen LogP contribution in [-0.4, -0.2) is 31.4 Å². The summed E-state index contributed by atoms with van der Waals surface area (Å²) in [6.45, 7) is 1.82. The summed E-state index contributed by atoms with van der Waals surface area (Å²) in [7, 11) is 1.03. The van der Waals surface area contributed by atoms with Crippen LogP contribution >= 0.6 is 0 Å². The number of nitrogens with zero attached hydrogens (tertiary/aromatic N) is 1. The average molecular weight is 305 g/mol. The van der Waals surface area contributed by atoms with E-state index in [0.717, 1.165) is 7.11 Å². The monoisotopic (exact) mass is 305 g/mol. The first-order valence-electron chi connectivity index (χ1n) is 6.34. The van der Waals surface area contributed by atoms with E-state index < -0.39 is 36.1 Å². The molecule has 118 valence electrons. The maximum Gasteiger partial charge on any atom is 0.405 e. The summed E-state index contributed by atoms with van der Waals surface area (Å²) in [6, 6.07) is -1.86. The third kappa shape index (κ3) is 2.88. The molecule has 20 heavy (non-hydrogen) atoms. The van der Waals surface area contributed by atoms with Crippen molar-refractivity contribution in [3.63, 3.8) is 0 Å². The van der Waals surface area contributed by atoms with Crippen molar-refractivity contribution in [2.75, 3.05) is 7.11 Å². The summed E-state index contributed by atoms with van der Waals surface area (Å²) in [6.07, 6.45) is -10.8. The molecule has 0 aliphatic carbocycles. The molecule has 0 saturated heterocycles. The van der Waals surface area contributed by atoms with Gasteiger partial charge in [-0.05, 0) is 6.42 Å². The summed E-state index contributed by atoms with van der Waals surface area (Å²) in [5.41, 5.74) is -3.82. The van der Waals surface area contributed by atoms with Crippen LogP contribution in [0.4, 0.5) is 26.3 Å². The van der Waals surface area contributed by atoms with Gasteiger partial charge in [0, 0.05) is 6.42 Å². The van der Waals surface area contributed by atoms with Crippen molar-refractivity contribution in [3.05, 3.63) is 0 Å². The number of ether oxygens (including phenoxy) is 1. The van der Waals surface area contributed by atoms with Gasteiger partial charge in [0.25, 0.3) is 0 Å². The van der Waals surface area contributed by atoms with E-state index in [2.05, 4.69) is 9.73 Å². The summed E-state index contributed by atoms with van der Waals surface area (Å²) < 4.78 is 83.3. The number of alkyl halides is 6. The minimum absolute atomic E-state index is 0.250. The Hall–Kier alpha value is -0.950. The van der Waals surface area contributed by atoms with Crippen molar-refractivity contribution in [1.82, 2.24) is 0 Å². The molecule has 1 rings (SSSR count). The van der Waals surface area contributed by atoms with E-state index in [-0.39, 0.29) is 12.8 Å². The lowest BCUT2D eigenvalue weighted by Gasteiger charge is -2.37. The zero-order chi connectivity index (χ0) is 15.6. The van der Waals surface area contributed by atoms with E-state index in [1.165, 1.54) is 0 Å². The fraction of sp³-hybridized carbons (Fsp3) is 0.917. The lowest BCUT2D eigenvalue weighted by molar-refractivity contribution is -0.343. The SMILES string of the molecule is CCCCCC1N=C(OC)CC1(C(F)(F)F)C(F)(F)F. The van der Waals surface area contributed by atoms with Crippen molar-refractivity contribution < 1.29 is 31.1 Å². The van der Waals surface area contributed by atoms with E-state index in [4.69, 9.17) is 0 Å². The molecule has 0 amide bonds. The van der Waals surface area contributed by atoms with Gasteiger partial charge in [0.2, 0.25) is 0 Å². The number of methoxy groups -OCH3 is 1. The summed E-state index contributed by atoms with van der Waals surface area (Å²) in [5, 5.41) is 0. The van der Waals surface area contributed by atoms with Crippen LogP contribution in [0.1, 0.15) is 39.0 Å². The number of rotatable bonds is 4. The van der Waals surface area contributed by atoms with Gasteiger partial charge in [0.15, 0.2) is 11.3 Å². The molecule has 0 aromatic heterocycles. The van der Waals surface area contributed by atoms with Crippen LogP contribution in [0.15, 0.2) is 4.99 Å². The highest BCUT2D eigenvalue weighted by molar-refractivity contribution is 5.79. The third-order valence-corrected chi connectivity index (χ3v) is 3.63. The molecule has 0 N–H and O–H groups in total. The zero-order valence-corrected chi connectivity index (χ0v) is 11.2. The first kappa shape index (κ1) is 17.1. The number of unbranched alkanes of at least 4 members (excludes halogenated alkanes) is 2. The molecule has 8 heteroatoms. The maximum atomic E-state index is 13.1. The largest absolute Gasteiger partial charge is 0.484 e. The van der Waals surface area contributed by atoms with Gasteiger partial charge in [-0.2, -0.15) is 26.3 Å². The quantitative estimate of drug-likeness (QED) is 0.554.